The first-order valence-electron chi connectivity index (χ1n) is 8.75. The van der Waals surface area contributed by atoms with Gasteiger partial charge in [-0.25, -0.2) is 0 Å². The van der Waals surface area contributed by atoms with Crippen molar-refractivity contribution in [3.05, 3.63) is 53.6 Å². The van der Waals surface area contributed by atoms with Gasteiger partial charge in [-0.15, -0.1) is 10.2 Å². The Hall–Kier alpha value is -3.13. The molecule has 0 unspecified atom stereocenters. The van der Waals surface area contributed by atoms with Crippen molar-refractivity contribution in [1.29, 1.82) is 0 Å². The van der Waals surface area contributed by atoms with Crippen molar-refractivity contribution < 1.29 is 14.3 Å². The van der Waals surface area contributed by atoms with E-state index in [0.717, 1.165) is 0 Å². The number of carbonyl (C=O) groups excluding carboxylic acids is 1. The molecule has 0 aliphatic carbocycles. The third kappa shape index (κ3) is 3.91. The maximum absolute atomic E-state index is 12.5. The van der Waals surface area contributed by atoms with Crippen LogP contribution in [0.4, 0.5) is 0 Å². The van der Waals surface area contributed by atoms with Gasteiger partial charge in [0.05, 0.1) is 11.6 Å². The lowest BCUT2D eigenvalue weighted by molar-refractivity contribution is -0.132. The molecule has 0 saturated carbocycles. The van der Waals surface area contributed by atoms with E-state index in [1.54, 1.807) is 24.1 Å². The normalized spacial score (nSPS) is 15.3. The van der Waals surface area contributed by atoms with Crippen LogP contribution in [0.2, 0.25) is 5.02 Å². The molecular formula is C19H18ClN5O3. The fourth-order valence-corrected chi connectivity index (χ4v) is 3.08. The average Bonchev–Trinajstić information content (AvgIpc) is 3.16. The summed E-state index contributed by atoms with van der Waals surface area (Å²) in [5.74, 6) is 1.61. The Morgan fingerprint density at radius 2 is 1.96 bits per heavy atom. The van der Waals surface area contributed by atoms with E-state index in [0.29, 0.717) is 41.1 Å². The summed E-state index contributed by atoms with van der Waals surface area (Å²) in [6, 6.07) is 14.7. The molecule has 0 spiro atoms. The third-order valence-electron chi connectivity index (χ3n) is 4.32. The van der Waals surface area contributed by atoms with E-state index in [9.17, 15) is 4.79 Å². The zero-order valence-electron chi connectivity index (χ0n) is 15.2. The highest BCUT2D eigenvalue weighted by Crippen LogP contribution is 2.31. The molecule has 2 heterocycles. The highest BCUT2D eigenvalue weighted by atomic mass is 35.5. The predicted octanol–water partition coefficient (Wildman–Crippen LogP) is 2.29. The van der Waals surface area contributed by atoms with Gasteiger partial charge in [0.2, 0.25) is 11.7 Å². The number of rotatable bonds is 5. The van der Waals surface area contributed by atoms with E-state index in [1.165, 1.54) is 4.80 Å². The lowest BCUT2D eigenvalue weighted by Gasteiger charge is -2.29. The maximum atomic E-state index is 12.5. The standard InChI is InChI=1S/C19H18ClN5O3/c1-24(10-13-12-27-16-8-4-5-9-17(16)28-13)18(26)11-25-22-19(21-23-25)14-6-2-3-7-15(14)20/h2-9,13H,10-12H2,1H3/t13-/m1/s1. The minimum Gasteiger partial charge on any atom is -0.486 e. The largest absolute Gasteiger partial charge is 0.486 e. The predicted molar refractivity (Wildman–Crippen MR) is 102 cm³/mol. The number of para-hydroxylation sites is 2. The van der Waals surface area contributed by atoms with Crippen LogP contribution < -0.4 is 9.47 Å². The third-order valence-corrected chi connectivity index (χ3v) is 4.64. The number of aromatic nitrogens is 4. The maximum Gasteiger partial charge on any atom is 0.246 e. The fraction of sp³-hybridized carbons (Fsp3) is 0.263. The monoisotopic (exact) mass is 399 g/mol. The van der Waals surface area contributed by atoms with Gasteiger partial charge in [-0.05, 0) is 29.5 Å². The second kappa shape index (κ2) is 7.85. The minimum atomic E-state index is -0.244. The Kier molecular flexibility index (Phi) is 5.12. The Morgan fingerprint density at radius 1 is 1.21 bits per heavy atom. The topological polar surface area (TPSA) is 82.4 Å². The number of benzene rings is 2. The van der Waals surface area contributed by atoms with Crippen molar-refractivity contribution in [3.63, 3.8) is 0 Å². The molecule has 1 aromatic heterocycles. The van der Waals surface area contributed by atoms with E-state index < -0.39 is 0 Å². The van der Waals surface area contributed by atoms with Crippen molar-refractivity contribution >= 4 is 17.5 Å². The van der Waals surface area contributed by atoms with Crippen LogP contribution in [0.25, 0.3) is 11.4 Å². The summed E-state index contributed by atoms with van der Waals surface area (Å²) < 4.78 is 11.6. The summed E-state index contributed by atoms with van der Waals surface area (Å²) in [4.78, 5) is 15.3. The molecule has 4 rings (SSSR count). The molecule has 1 atom stereocenters. The van der Waals surface area contributed by atoms with Gasteiger partial charge in [0.25, 0.3) is 0 Å². The zero-order chi connectivity index (χ0) is 19.5. The number of carbonyl (C=O) groups is 1. The smallest absolute Gasteiger partial charge is 0.246 e. The number of fused-ring (bicyclic) bond motifs is 1. The molecule has 1 aliphatic heterocycles. The second-order valence-corrected chi connectivity index (χ2v) is 6.80. The quantitative estimate of drug-likeness (QED) is 0.654. The molecular weight excluding hydrogens is 382 g/mol. The van der Waals surface area contributed by atoms with Gasteiger partial charge in [0, 0.05) is 12.6 Å². The molecule has 28 heavy (non-hydrogen) atoms. The van der Waals surface area contributed by atoms with E-state index in [1.807, 2.05) is 36.4 Å². The summed E-state index contributed by atoms with van der Waals surface area (Å²) in [6.45, 7) is 0.740. The molecule has 0 radical (unpaired) electrons. The van der Waals surface area contributed by atoms with Gasteiger partial charge < -0.3 is 14.4 Å². The van der Waals surface area contributed by atoms with Crippen LogP contribution in [-0.4, -0.2) is 57.3 Å². The summed E-state index contributed by atoms with van der Waals surface area (Å²) in [5.41, 5.74) is 0.669. The van der Waals surface area contributed by atoms with Crippen LogP contribution in [0.15, 0.2) is 48.5 Å². The first-order valence-corrected chi connectivity index (χ1v) is 9.13. The molecule has 144 valence electrons. The molecule has 0 fully saturated rings. The van der Waals surface area contributed by atoms with Gasteiger partial charge in [-0.2, -0.15) is 4.80 Å². The number of amides is 1. The lowest BCUT2D eigenvalue weighted by atomic mass is 10.2. The highest BCUT2D eigenvalue weighted by Gasteiger charge is 2.24. The number of hydrogen-bond donors (Lipinski definition) is 0. The molecule has 1 amide bonds. The van der Waals surface area contributed by atoms with Crippen LogP contribution >= 0.6 is 11.6 Å². The number of halogens is 1. The van der Waals surface area contributed by atoms with Crippen molar-refractivity contribution in [2.75, 3.05) is 20.2 Å². The summed E-state index contributed by atoms with van der Waals surface area (Å²) in [5, 5.41) is 12.7. The van der Waals surface area contributed by atoms with Crippen LogP contribution in [-0.2, 0) is 11.3 Å². The average molecular weight is 400 g/mol. The van der Waals surface area contributed by atoms with E-state index in [2.05, 4.69) is 15.4 Å². The number of likely N-dealkylation sites (N-methyl/N-ethyl adjacent to an activating group) is 1. The van der Waals surface area contributed by atoms with E-state index in [-0.39, 0.29) is 18.6 Å². The summed E-state index contributed by atoms with van der Waals surface area (Å²) in [7, 11) is 1.71. The van der Waals surface area contributed by atoms with Crippen molar-refractivity contribution in [2.24, 2.45) is 0 Å². The van der Waals surface area contributed by atoms with Gasteiger partial charge >= 0.3 is 0 Å². The first kappa shape index (κ1) is 18.2. The highest BCUT2D eigenvalue weighted by molar-refractivity contribution is 6.33. The van der Waals surface area contributed by atoms with Crippen molar-refractivity contribution in [3.8, 4) is 22.9 Å². The molecule has 8 nitrogen and oxygen atoms in total. The number of tetrazole rings is 1. The van der Waals surface area contributed by atoms with Gasteiger partial charge in [-0.1, -0.05) is 35.9 Å². The Balaban J connectivity index is 1.36. The van der Waals surface area contributed by atoms with Gasteiger partial charge in [-0.3, -0.25) is 4.79 Å². The molecule has 2 aromatic carbocycles. The molecule has 3 aromatic rings. The zero-order valence-corrected chi connectivity index (χ0v) is 15.9. The Bertz CT molecular complexity index is 993. The van der Waals surface area contributed by atoms with E-state index in [4.69, 9.17) is 21.1 Å². The van der Waals surface area contributed by atoms with Crippen LogP contribution in [0.5, 0.6) is 11.5 Å². The second-order valence-electron chi connectivity index (χ2n) is 6.40. The number of hydrogen-bond acceptors (Lipinski definition) is 6. The Morgan fingerprint density at radius 3 is 2.79 bits per heavy atom. The van der Waals surface area contributed by atoms with Gasteiger partial charge in [0.1, 0.15) is 13.2 Å². The molecule has 0 saturated heterocycles. The summed E-state index contributed by atoms with van der Waals surface area (Å²) >= 11 is 6.15. The lowest BCUT2D eigenvalue weighted by Crippen LogP contribution is -2.43. The van der Waals surface area contributed by atoms with Crippen molar-refractivity contribution in [1.82, 2.24) is 25.1 Å². The molecule has 1 aliphatic rings. The van der Waals surface area contributed by atoms with Crippen LogP contribution in [0, 0.1) is 0 Å². The van der Waals surface area contributed by atoms with Crippen molar-refractivity contribution in [2.45, 2.75) is 12.6 Å². The molecule has 0 N–H and O–H groups in total. The fourth-order valence-electron chi connectivity index (χ4n) is 2.86. The first-order chi connectivity index (χ1) is 13.6. The van der Waals surface area contributed by atoms with E-state index >= 15 is 0 Å². The van der Waals surface area contributed by atoms with Crippen LogP contribution in [0.1, 0.15) is 0 Å². The van der Waals surface area contributed by atoms with Crippen LogP contribution in [0.3, 0.4) is 0 Å². The minimum absolute atomic E-state index is 0.0296. The molecule has 9 heteroatoms. The number of nitrogens with zero attached hydrogens (tertiary/aromatic N) is 5. The summed E-state index contributed by atoms with van der Waals surface area (Å²) in [6.07, 6.45) is -0.244. The molecule has 0 bridgehead atoms. The number of ether oxygens (including phenoxy) is 2. The Labute approximate surface area is 166 Å². The SMILES string of the molecule is CN(C[C@@H]1COc2ccccc2O1)C(=O)Cn1nnc(-c2ccccc2Cl)n1. The van der Waals surface area contributed by atoms with Gasteiger partial charge in [0.15, 0.2) is 17.6 Å².